The largest absolute Gasteiger partial charge is 0.302 e. The van der Waals surface area contributed by atoms with Gasteiger partial charge in [-0.1, -0.05) is 0 Å². The number of aromatic nitrogens is 5. The zero-order valence-corrected chi connectivity index (χ0v) is 13.5. The van der Waals surface area contributed by atoms with E-state index in [1.807, 2.05) is 25.6 Å². The van der Waals surface area contributed by atoms with Crippen LogP contribution in [0.1, 0.15) is 35.2 Å². The van der Waals surface area contributed by atoms with E-state index >= 15 is 0 Å². The van der Waals surface area contributed by atoms with Crippen molar-refractivity contribution in [3.8, 4) is 0 Å². The number of halogens is 1. The van der Waals surface area contributed by atoms with Crippen molar-refractivity contribution in [3.05, 3.63) is 27.6 Å². The van der Waals surface area contributed by atoms with Crippen LogP contribution < -0.4 is 0 Å². The number of nitrogens with zero attached hydrogens (tertiary/aromatic N) is 5. The van der Waals surface area contributed by atoms with Crippen LogP contribution in [0.3, 0.4) is 0 Å². The Hall–Kier alpha value is -1.40. The summed E-state index contributed by atoms with van der Waals surface area (Å²) in [4.78, 5) is 9.21. The normalized spacial score (nSPS) is 13.2. The second-order valence-corrected chi connectivity index (χ2v) is 6.07. The first-order chi connectivity index (χ1) is 9.52. The van der Waals surface area contributed by atoms with Gasteiger partial charge in [0.2, 0.25) is 0 Å². The van der Waals surface area contributed by atoms with Gasteiger partial charge in [-0.3, -0.25) is 4.68 Å². The molecule has 3 heterocycles. The topological polar surface area (TPSA) is 48.5 Å². The second kappa shape index (κ2) is 4.86. The van der Waals surface area contributed by atoms with Crippen molar-refractivity contribution in [2.75, 3.05) is 0 Å². The molecule has 0 spiro atoms. The average molecular weight is 310 g/mol. The van der Waals surface area contributed by atoms with Gasteiger partial charge in [0.15, 0.2) is 5.65 Å². The predicted molar refractivity (Wildman–Crippen MR) is 81.5 cm³/mol. The summed E-state index contributed by atoms with van der Waals surface area (Å²) in [6.07, 6.45) is 0. The number of hydrogen-bond acceptors (Lipinski definition) is 4. The van der Waals surface area contributed by atoms with Gasteiger partial charge < -0.3 is 4.57 Å². The molecule has 106 valence electrons. The quantitative estimate of drug-likeness (QED) is 0.698. The Morgan fingerprint density at radius 1 is 1.35 bits per heavy atom. The molecular weight excluding hydrogens is 294 g/mol. The second-order valence-electron chi connectivity index (χ2n) is 4.92. The van der Waals surface area contributed by atoms with Crippen molar-refractivity contribution >= 4 is 34.1 Å². The van der Waals surface area contributed by atoms with Crippen molar-refractivity contribution < 1.29 is 0 Å². The Balaban J connectivity index is 2.23. The lowest BCUT2D eigenvalue weighted by Gasteiger charge is -2.14. The zero-order valence-electron chi connectivity index (χ0n) is 11.9. The molecule has 3 aromatic rings. The van der Waals surface area contributed by atoms with Gasteiger partial charge in [-0.2, -0.15) is 5.10 Å². The van der Waals surface area contributed by atoms with Crippen LogP contribution >= 0.6 is 22.9 Å². The Morgan fingerprint density at radius 2 is 2.10 bits per heavy atom. The first-order valence-electron chi connectivity index (χ1n) is 6.41. The van der Waals surface area contributed by atoms with E-state index in [2.05, 4.69) is 31.9 Å². The van der Waals surface area contributed by atoms with E-state index in [-0.39, 0.29) is 6.04 Å². The maximum atomic E-state index is 6.07. The summed E-state index contributed by atoms with van der Waals surface area (Å²) >= 11 is 7.74. The first-order valence-corrected chi connectivity index (χ1v) is 7.82. The lowest BCUT2D eigenvalue weighted by Crippen LogP contribution is -2.12. The van der Waals surface area contributed by atoms with E-state index in [1.165, 1.54) is 0 Å². The fourth-order valence-electron chi connectivity index (χ4n) is 2.52. The van der Waals surface area contributed by atoms with Crippen LogP contribution in [-0.4, -0.2) is 24.3 Å². The van der Waals surface area contributed by atoms with E-state index in [1.54, 1.807) is 11.3 Å². The van der Waals surface area contributed by atoms with Crippen LogP contribution in [0.15, 0.2) is 5.38 Å². The first kappa shape index (κ1) is 13.6. The molecule has 5 nitrogen and oxygen atoms in total. The molecule has 0 saturated heterocycles. The molecule has 0 saturated carbocycles. The van der Waals surface area contributed by atoms with Crippen LogP contribution in [0.5, 0.6) is 0 Å². The third-order valence-corrected chi connectivity index (χ3v) is 4.78. The van der Waals surface area contributed by atoms with E-state index in [0.717, 1.165) is 33.4 Å². The summed E-state index contributed by atoms with van der Waals surface area (Å²) in [5, 5.41) is 7.57. The molecular formula is C13H16ClN5S. The van der Waals surface area contributed by atoms with Crippen molar-refractivity contribution in [1.29, 1.82) is 0 Å². The monoisotopic (exact) mass is 309 g/mol. The molecule has 1 atom stereocenters. The highest BCUT2D eigenvalue weighted by atomic mass is 35.5. The molecule has 0 bridgehead atoms. The van der Waals surface area contributed by atoms with Gasteiger partial charge in [0, 0.05) is 18.1 Å². The SMILES string of the molecule is Cc1csc(C(C)n2c(CCl)nc3c(C)nn(C)c32)n1. The highest BCUT2D eigenvalue weighted by Gasteiger charge is 2.22. The summed E-state index contributed by atoms with van der Waals surface area (Å²) in [5.74, 6) is 1.24. The van der Waals surface area contributed by atoms with Crippen molar-refractivity contribution in [2.45, 2.75) is 32.7 Å². The Bertz CT molecular complexity index is 769. The molecule has 1 unspecified atom stereocenters. The van der Waals surface area contributed by atoms with Gasteiger partial charge in [0.25, 0.3) is 0 Å². The lowest BCUT2D eigenvalue weighted by molar-refractivity contribution is 0.603. The van der Waals surface area contributed by atoms with Gasteiger partial charge in [-0.25, -0.2) is 9.97 Å². The molecule has 0 amide bonds. The number of alkyl halides is 1. The van der Waals surface area contributed by atoms with Crippen molar-refractivity contribution in [2.24, 2.45) is 7.05 Å². The smallest absolute Gasteiger partial charge is 0.159 e. The summed E-state index contributed by atoms with van der Waals surface area (Å²) in [6, 6.07) is 0.0993. The highest BCUT2D eigenvalue weighted by Crippen LogP contribution is 2.29. The fraction of sp³-hybridized carbons (Fsp3) is 0.462. The number of fused-ring (bicyclic) bond motifs is 1. The van der Waals surface area contributed by atoms with Crippen LogP contribution in [0, 0.1) is 13.8 Å². The number of aryl methyl sites for hydroxylation is 3. The van der Waals surface area contributed by atoms with Crippen molar-refractivity contribution in [3.63, 3.8) is 0 Å². The Labute approximate surface area is 126 Å². The minimum Gasteiger partial charge on any atom is -0.302 e. The highest BCUT2D eigenvalue weighted by molar-refractivity contribution is 7.09. The maximum absolute atomic E-state index is 6.07. The van der Waals surface area contributed by atoms with E-state index in [0.29, 0.717) is 5.88 Å². The zero-order chi connectivity index (χ0) is 14.4. The fourth-order valence-corrected chi connectivity index (χ4v) is 3.55. The maximum Gasteiger partial charge on any atom is 0.159 e. The molecule has 20 heavy (non-hydrogen) atoms. The molecule has 3 rings (SSSR count). The lowest BCUT2D eigenvalue weighted by atomic mass is 10.3. The van der Waals surface area contributed by atoms with Crippen molar-refractivity contribution in [1.82, 2.24) is 24.3 Å². The Kier molecular flexibility index (Phi) is 3.30. The average Bonchev–Trinajstić information content (AvgIpc) is 3.06. The number of thiazole rings is 1. The van der Waals surface area contributed by atoms with Crippen LogP contribution in [0.4, 0.5) is 0 Å². The molecule has 0 N–H and O–H groups in total. The Morgan fingerprint density at radius 3 is 2.70 bits per heavy atom. The molecule has 0 aliphatic rings. The molecule has 0 aliphatic carbocycles. The molecule has 3 aromatic heterocycles. The van der Waals surface area contributed by atoms with Gasteiger partial charge in [-0.05, 0) is 20.8 Å². The van der Waals surface area contributed by atoms with Gasteiger partial charge in [0.05, 0.1) is 17.6 Å². The number of rotatable bonds is 3. The third-order valence-electron chi connectivity index (χ3n) is 3.41. The minimum absolute atomic E-state index is 0.0993. The van der Waals surface area contributed by atoms with E-state index in [4.69, 9.17) is 11.6 Å². The third kappa shape index (κ3) is 1.94. The minimum atomic E-state index is 0.0993. The van der Waals surface area contributed by atoms with Gasteiger partial charge in [0.1, 0.15) is 16.3 Å². The summed E-state index contributed by atoms with van der Waals surface area (Å²) in [7, 11) is 1.94. The van der Waals surface area contributed by atoms with Gasteiger partial charge in [-0.15, -0.1) is 22.9 Å². The number of hydrogen-bond donors (Lipinski definition) is 0. The molecule has 0 radical (unpaired) electrons. The predicted octanol–water partition coefficient (Wildman–Crippen LogP) is 3.19. The summed E-state index contributed by atoms with van der Waals surface area (Å²) < 4.78 is 4.01. The molecule has 0 fully saturated rings. The van der Waals surface area contributed by atoms with E-state index < -0.39 is 0 Å². The van der Waals surface area contributed by atoms with Gasteiger partial charge >= 0.3 is 0 Å². The summed E-state index contributed by atoms with van der Waals surface area (Å²) in [6.45, 7) is 6.10. The standard InChI is InChI=1S/C13H16ClN5S/c1-7-6-20-12(15-7)9(3)19-10(5-14)16-11-8(2)17-18(4)13(11)19/h6,9H,5H2,1-4H3. The van der Waals surface area contributed by atoms with E-state index in [9.17, 15) is 0 Å². The molecule has 7 heteroatoms. The molecule has 0 aromatic carbocycles. The van der Waals surface area contributed by atoms with Crippen LogP contribution in [0.25, 0.3) is 11.2 Å². The molecule has 0 aliphatic heterocycles. The number of imidazole rings is 1. The van der Waals surface area contributed by atoms with Crippen LogP contribution in [0.2, 0.25) is 0 Å². The summed E-state index contributed by atoms with van der Waals surface area (Å²) in [5.41, 5.74) is 3.89. The van der Waals surface area contributed by atoms with Crippen LogP contribution in [-0.2, 0) is 12.9 Å².